The molecule has 2 unspecified atom stereocenters. The van der Waals surface area contributed by atoms with Crippen molar-refractivity contribution >= 4 is 19.8 Å². The fourth-order valence-electron chi connectivity index (χ4n) is 9.34. The number of esters is 2. The molecule has 0 N–H and O–H groups in total. The third kappa shape index (κ3) is 59.6. The molecule has 0 aromatic rings. The van der Waals surface area contributed by atoms with Crippen LogP contribution in [0.2, 0.25) is 0 Å². The number of nitrogens with zero attached hydrogens (tertiary/aromatic N) is 1. The van der Waals surface area contributed by atoms with Crippen molar-refractivity contribution in [2.75, 3.05) is 47.5 Å². The molecule has 73 heavy (non-hydrogen) atoms. The molecule has 0 bridgehead atoms. The Morgan fingerprint density at radius 3 is 1.08 bits per heavy atom. The van der Waals surface area contributed by atoms with Gasteiger partial charge in [0, 0.05) is 12.8 Å². The minimum Gasteiger partial charge on any atom is -0.756 e. The summed E-state index contributed by atoms with van der Waals surface area (Å²) in [7, 11) is 1.18. The van der Waals surface area contributed by atoms with Gasteiger partial charge < -0.3 is 27.9 Å². The second-order valence-electron chi connectivity index (χ2n) is 22.8. The highest BCUT2D eigenvalue weighted by molar-refractivity contribution is 7.45. The number of phosphoric acid groups is 1. The molecule has 0 aliphatic rings. The second-order valence-corrected chi connectivity index (χ2v) is 24.2. The summed E-state index contributed by atoms with van der Waals surface area (Å²) in [6, 6.07) is 0. The molecule has 0 radical (unpaired) electrons. The van der Waals surface area contributed by atoms with Crippen molar-refractivity contribution in [1.29, 1.82) is 0 Å². The number of rotatable bonds is 59. The van der Waals surface area contributed by atoms with Gasteiger partial charge in [0.15, 0.2) is 6.10 Å². The monoisotopic (exact) mass is 1050 g/mol. The van der Waals surface area contributed by atoms with Crippen LogP contribution < -0.4 is 4.89 Å². The summed E-state index contributed by atoms with van der Waals surface area (Å²) in [5.74, 6) is -0.820. The third-order valence-corrected chi connectivity index (χ3v) is 15.2. The lowest BCUT2D eigenvalue weighted by Gasteiger charge is -2.28. The zero-order chi connectivity index (χ0) is 53.5. The number of carbonyl (C=O) groups is 2. The van der Waals surface area contributed by atoms with Crippen LogP contribution in [0.15, 0.2) is 24.3 Å². The fourth-order valence-corrected chi connectivity index (χ4v) is 10.1. The first kappa shape index (κ1) is 71.5. The molecule has 10 heteroatoms. The van der Waals surface area contributed by atoms with Crippen LogP contribution in [0.1, 0.15) is 316 Å². The number of ether oxygens (including phenoxy) is 2. The van der Waals surface area contributed by atoms with Crippen LogP contribution in [0.5, 0.6) is 0 Å². The molecule has 432 valence electrons. The molecular weight excluding hydrogens is 930 g/mol. The smallest absolute Gasteiger partial charge is 0.306 e. The summed E-state index contributed by atoms with van der Waals surface area (Å²) in [5.41, 5.74) is 0. The Morgan fingerprint density at radius 2 is 0.740 bits per heavy atom. The predicted octanol–water partition coefficient (Wildman–Crippen LogP) is 19.1. The first-order valence-corrected chi connectivity index (χ1v) is 33.0. The van der Waals surface area contributed by atoms with E-state index in [2.05, 4.69) is 38.2 Å². The molecule has 0 rings (SSSR count). The Labute approximate surface area is 453 Å². The summed E-state index contributed by atoms with van der Waals surface area (Å²) in [6.45, 7) is 4.28. The van der Waals surface area contributed by atoms with E-state index in [1.807, 2.05) is 21.1 Å². The van der Waals surface area contributed by atoms with Crippen LogP contribution in [0, 0.1) is 0 Å². The summed E-state index contributed by atoms with van der Waals surface area (Å²) in [6.07, 6.45) is 66.7. The molecule has 0 saturated carbocycles. The van der Waals surface area contributed by atoms with E-state index in [9.17, 15) is 19.0 Å². The number of carbonyl (C=O) groups excluding carboxylic acids is 2. The predicted molar refractivity (Wildman–Crippen MR) is 310 cm³/mol. The zero-order valence-corrected chi connectivity index (χ0v) is 50.0. The number of hydrogen-bond acceptors (Lipinski definition) is 8. The van der Waals surface area contributed by atoms with Gasteiger partial charge in [0.05, 0.1) is 27.7 Å². The average Bonchev–Trinajstić information content (AvgIpc) is 3.35. The Hall–Kier alpha value is -1.51. The molecule has 9 nitrogen and oxygen atoms in total. The Balaban J connectivity index is 4.05. The van der Waals surface area contributed by atoms with Crippen LogP contribution in [-0.2, 0) is 32.7 Å². The maximum atomic E-state index is 12.8. The number of hydrogen-bond donors (Lipinski definition) is 0. The van der Waals surface area contributed by atoms with Crippen LogP contribution >= 0.6 is 7.82 Å². The Kier molecular flexibility index (Phi) is 54.1. The van der Waals surface area contributed by atoms with E-state index in [4.69, 9.17) is 18.5 Å². The Morgan fingerprint density at radius 1 is 0.425 bits per heavy atom. The lowest BCUT2D eigenvalue weighted by molar-refractivity contribution is -0.870. The van der Waals surface area contributed by atoms with Crippen LogP contribution in [0.3, 0.4) is 0 Å². The van der Waals surface area contributed by atoms with Crippen molar-refractivity contribution in [3.63, 3.8) is 0 Å². The van der Waals surface area contributed by atoms with Gasteiger partial charge in [-0.05, 0) is 44.9 Å². The van der Waals surface area contributed by atoms with Crippen molar-refractivity contribution in [2.24, 2.45) is 0 Å². The molecule has 0 amide bonds. The van der Waals surface area contributed by atoms with Crippen LogP contribution in [-0.4, -0.2) is 70.0 Å². The van der Waals surface area contributed by atoms with E-state index in [1.54, 1.807) is 0 Å². The normalized spacial score (nSPS) is 13.3. The summed E-state index contributed by atoms with van der Waals surface area (Å²) < 4.78 is 34.2. The number of likely N-dealkylation sites (N-methyl/N-ethyl adjacent to an activating group) is 1. The fraction of sp³-hybridized carbons (Fsp3) is 0.905. The minimum absolute atomic E-state index is 0.0291. The topological polar surface area (TPSA) is 111 Å². The summed E-state index contributed by atoms with van der Waals surface area (Å²) >= 11 is 0. The van der Waals surface area contributed by atoms with Crippen LogP contribution in [0.25, 0.3) is 0 Å². The highest BCUT2D eigenvalue weighted by Crippen LogP contribution is 2.38. The molecule has 0 fully saturated rings. The van der Waals surface area contributed by atoms with Gasteiger partial charge in [0.2, 0.25) is 0 Å². The molecule has 0 aromatic carbocycles. The minimum atomic E-state index is -4.64. The summed E-state index contributed by atoms with van der Waals surface area (Å²) in [5, 5.41) is 0. The largest absolute Gasteiger partial charge is 0.756 e. The van der Waals surface area contributed by atoms with Crippen LogP contribution in [0.4, 0.5) is 0 Å². The van der Waals surface area contributed by atoms with Crippen molar-refractivity contribution in [1.82, 2.24) is 0 Å². The standard InChI is InChI=1S/C63H122NO8P/c1-6-8-10-12-14-16-18-20-22-24-26-28-29-30-31-32-33-34-36-37-39-41-43-45-47-49-51-53-55-62(65)69-59-61(60-71-73(67,68)70-58-57-64(3,4)5)72-63(66)56-54-52-50-48-46-44-42-40-38-35-27-25-23-21-19-17-15-13-11-9-7-2/h19,21,25,27,61H,6-18,20,22-24,26,28-60H2,1-5H3/b21-19-,27-25-. The second kappa shape index (κ2) is 55.3. The Bertz CT molecular complexity index is 1280. The van der Waals surface area contributed by atoms with Gasteiger partial charge in [0.1, 0.15) is 19.8 Å². The molecule has 0 saturated heterocycles. The van der Waals surface area contributed by atoms with Gasteiger partial charge in [-0.3, -0.25) is 14.2 Å². The molecular formula is C63H122NO8P. The number of phosphoric ester groups is 1. The number of quaternary nitrogens is 1. The maximum Gasteiger partial charge on any atom is 0.306 e. The molecule has 0 aliphatic carbocycles. The van der Waals surface area contributed by atoms with Gasteiger partial charge in [0.25, 0.3) is 7.82 Å². The van der Waals surface area contributed by atoms with E-state index in [0.717, 1.165) is 51.4 Å². The van der Waals surface area contributed by atoms with Gasteiger partial charge in [-0.2, -0.15) is 0 Å². The number of allylic oxidation sites excluding steroid dienone is 4. The molecule has 0 aliphatic heterocycles. The van der Waals surface area contributed by atoms with Gasteiger partial charge in [-0.15, -0.1) is 0 Å². The van der Waals surface area contributed by atoms with Crippen molar-refractivity contribution in [3.05, 3.63) is 24.3 Å². The highest BCUT2D eigenvalue weighted by Gasteiger charge is 2.22. The van der Waals surface area contributed by atoms with E-state index < -0.39 is 26.5 Å². The number of unbranched alkanes of at least 4 members (excludes halogenated alkanes) is 41. The SMILES string of the molecule is CCCCCCC/C=C\C/C=C\CCCCCCCCCCCC(=O)OC(COC(=O)CCCCCCCCCCCCCCCCCCCCCCCCCCCCCC)COP(=O)([O-])OCC[N+](C)(C)C. The van der Waals surface area contributed by atoms with Crippen molar-refractivity contribution < 1.29 is 42.1 Å². The van der Waals surface area contributed by atoms with E-state index in [1.165, 1.54) is 231 Å². The van der Waals surface area contributed by atoms with Crippen molar-refractivity contribution in [3.8, 4) is 0 Å². The molecule has 0 heterocycles. The lowest BCUT2D eigenvalue weighted by atomic mass is 10.0. The van der Waals surface area contributed by atoms with E-state index >= 15 is 0 Å². The quantitative estimate of drug-likeness (QED) is 0.0195. The molecule has 0 spiro atoms. The molecule has 0 aromatic heterocycles. The van der Waals surface area contributed by atoms with Crippen molar-refractivity contribution in [2.45, 2.75) is 322 Å². The van der Waals surface area contributed by atoms with Gasteiger partial charge >= 0.3 is 11.9 Å². The summed E-state index contributed by atoms with van der Waals surface area (Å²) in [4.78, 5) is 37.9. The molecule has 2 atom stereocenters. The van der Waals surface area contributed by atoms with Gasteiger partial charge in [-0.1, -0.05) is 282 Å². The van der Waals surface area contributed by atoms with E-state index in [0.29, 0.717) is 17.4 Å². The first-order chi connectivity index (χ1) is 35.5. The average molecular weight is 1050 g/mol. The third-order valence-electron chi connectivity index (χ3n) is 14.2. The lowest BCUT2D eigenvalue weighted by Crippen LogP contribution is -2.37. The van der Waals surface area contributed by atoms with E-state index in [-0.39, 0.29) is 32.0 Å². The van der Waals surface area contributed by atoms with Gasteiger partial charge in [-0.25, -0.2) is 0 Å². The zero-order valence-electron chi connectivity index (χ0n) is 49.1. The first-order valence-electron chi connectivity index (χ1n) is 31.5. The highest BCUT2D eigenvalue weighted by atomic mass is 31.2. The maximum absolute atomic E-state index is 12.8.